The maximum Gasteiger partial charge on any atom is 0.325 e. The third-order valence-corrected chi connectivity index (χ3v) is 1.73. The van der Waals surface area contributed by atoms with Gasteiger partial charge in [-0.15, -0.1) is 5.06 Å². The van der Waals surface area contributed by atoms with Crippen molar-refractivity contribution >= 4 is 11.8 Å². The molecule has 4 nitrogen and oxygen atoms in total. The summed E-state index contributed by atoms with van der Waals surface area (Å²) in [5, 5.41) is 1.56. The van der Waals surface area contributed by atoms with Crippen molar-refractivity contribution in [2.24, 2.45) is 0 Å². The number of carbonyl (C=O) groups is 2. The zero-order valence-electron chi connectivity index (χ0n) is 7.21. The standard InChI is InChI=1S/C8H13NO3/c1-7(10)4-6-9-5-2-3-8(11)12-9/h2-6H2,1H3. The molecular weight excluding hydrogens is 158 g/mol. The first-order chi connectivity index (χ1) is 5.68. The predicted molar refractivity (Wildman–Crippen MR) is 42.2 cm³/mol. The molecule has 0 N–H and O–H groups in total. The van der Waals surface area contributed by atoms with Crippen LogP contribution >= 0.6 is 0 Å². The molecule has 68 valence electrons. The van der Waals surface area contributed by atoms with Crippen LogP contribution in [0.4, 0.5) is 0 Å². The zero-order chi connectivity index (χ0) is 8.97. The van der Waals surface area contributed by atoms with Crippen molar-refractivity contribution in [1.82, 2.24) is 5.06 Å². The number of rotatable bonds is 3. The molecule has 1 heterocycles. The number of hydrogen-bond donors (Lipinski definition) is 0. The summed E-state index contributed by atoms with van der Waals surface area (Å²) >= 11 is 0. The van der Waals surface area contributed by atoms with Gasteiger partial charge in [-0.25, -0.2) is 0 Å². The third-order valence-electron chi connectivity index (χ3n) is 1.73. The molecule has 0 atom stereocenters. The van der Waals surface area contributed by atoms with Gasteiger partial charge < -0.3 is 4.84 Å². The topological polar surface area (TPSA) is 46.6 Å². The SMILES string of the molecule is CC(=O)CCN1CCCC(=O)O1. The molecule has 1 fully saturated rings. The molecule has 0 spiro atoms. The number of nitrogens with zero attached hydrogens (tertiary/aromatic N) is 1. The second-order valence-corrected chi connectivity index (χ2v) is 2.95. The Bertz CT molecular complexity index is 191. The van der Waals surface area contributed by atoms with Crippen molar-refractivity contribution in [2.45, 2.75) is 26.2 Å². The van der Waals surface area contributed by atoms with Gasteiger partial charge in [0.05, 0.1) is 0 Å². The Morgan fingerprint density at radius 2 is 2.42 bits per heavy atom. The second kappa shape index (κ2) is 4.21. The number of carbonyl (C=O) groups excluding carboxylic acids is 2. The van der Waals surface area contributed by atoms with E-state index in [2.05, 4.69) is 0 Å². The minimum Gasteiger partial charge on any atom is -0.368 e. The Kier molecular flexibility index (Phi) is 3.22. The van der Waals surface area contributed by atoms with E-state index in [1.807, 2.05) is 0 Å². The molecule has 1 saturated heterocycles. The lowest BCUT2D eigenvalue weighted by Gasteiger charge is -2.24. The lowest BCUT2D eigenvalue weighted by atomic mass is 10.2. The van der Waals surface area contributed by atoms with Gasteiger partial charge in [-0.2, -0.15) is 0 Å². The van der Waals surface area contributed by atoms with Crippen LogP contribution in [0, 0.1) is 0 Å². The summed E-state index contributed by atoms with van der Waals surface area (Å²) in [6, 6.07) is 0. The van der Waals surface area contributed by atoms with Crippen molar-refractivity contribution < 1.29 is 14.4 Å². The van der Waals surface area contributed by atoms with Crippen LogP contribution in [0.15, 0.2) is 0 Å². The van der Waals surface area contributed by atoms with Crippen LogP contribution in [0.3, 0.4) is 0 Å². The summed E-state index contributed by atoms with van der Waals surface area (Å²) in [6.45, 7) is 2.81. The van der Waals surface area contributed by atoms with Crippen LogP contribution in [-0.4, -0.2) is 29.9 Å². The van der Waals surface area contributed by atoms with Crippen LogP contribution in [0.25, 0.3) is 0 Å². The van der Waals surface area contributed by atoms with Gasteiger partial charge in [0.25, 0.3) is 0 Å². The molecule has 0 amide bonds. The predicted octanol–water partition coefficient (Wildman–Crippen LogP) is 0.520. The van der Waals surface area contributed by atoms with Crippen molar-refractivity contribution in [2.75, 3.05) is 13.1 Å². The quantitative estimate of drug-likeness (QED) is 0.621. The number of Topliss-reactive ketones (excluding diaryl/α,β-unsaturated/α-hetero) is 1. The molecule has 0 aliphatic carbocycles. The first-order valence-corrected chi connectivity index (χ1v) is 4.13. The van der Waals surface area contributed by atoms with Gasteiger partial charge in [0.2, 0.25) is 0 Å². The van der Waals surface area contributed by atoms with Gasteiger partial charge in [0.15, 0.2) is 0 Å². The highest BCUT2D eigenvalue weighted by atomic mass is 16.7. The molecule has 0 aromatic carbocycles. The first kappa shape index (κ1) is 9.19. The Balaban J connectivity index is 2.23. The fourth-order valence-corrected chi connectivity index (χ4v) is 1.07. The first-order valence-electron chi connectivity index (χ1n) is 4.13. The van der Waals surface area contributed by atoms with E-state index in [-0.39, 0.29) is 11.8 Å². The number of ketones is 1. The van der Waals surface area contributed by atoms with Crippen LogP contribution < -0.4 is 0 Å². The maximum absolute atomic E-state index is 10.8. The third kappa shape index (κ3) is 3.00. The van der Waals surface area contributed by atoms with E-state index in [1.165, 1.54) is 6.92 Å². The maximum atomic E-state index is 10.8. The average molecular weight is 171 g/mol. The highest BCUT2D eigenvalue weighted by molar-refractivity contribution is 5.75. The van der Waals surface area contributed by atoms with E-state index in [1.54, 1.807) is 5.06 Å². The molecular formula is C8H13NO3. The Morgan fingerprint density at radius 1 is 1.67 bits per heavy atom. The van der Waals surface area contributed by atoms with Crippen LogP contribution in [-0.2, 0) is 14.4 Å². The van der Waals surface area contributed by atoms with Crippen molar-refractivity contribution in [3.8, 4) is 0 Å². The average Bonchev–Trinajstić information content (AvgIpc) is 2.01. The van der Waals surface area contributed by atoms with Gasteiger partial charge in [-0.3, -0.25) is 9.59 Å². The Morgan fingerprint density at radius 3 is 3.00 bits per heavy atom. The second-order valence-electron chi connectivity index (χ2n) is 2.95. The summed E-state index contributed by atoms with van der Waals surface area (Å²) in [6.07, 6.45) is 1.78. The Hall–Kier alpha value is -0.900. The van der Waals surface area contributed by atoms with Gasteiger partial charge in [0.1, 0.15) is 5.78 Å². The summed E-state index contributed by atoms with van der Waals surface area (Å²) in [7, 11) is 0. The zero-order valence-corrected chi connectivity index (χ0v) is 7.21. The van der Waals surface area contributed by atoms with E-state index in [4.69, 9.17) is 4.84 Å². The van der Waals surface area contributed by atoms with E-state index >= 15 is 0 Å². The molecule has 0 bridgehead atoms. The molecule has 0 unspecified atom stereocenters. The molecule has 0 saturated carbocycles. The highest BCUT2D eigenvalue weighted by Gasteiger charge is 2.17. The highest BCUT2D eigenvalue weighted by Crippen LogP contribution is 2.07. The van der Waals surface area contributed by atoms with E-state index < -0.39 is 0 Å². The van der Waals surface area contributed by atoms with Crippen LogP contribution in [0.2, 0.25) is 0 Å². The summed E-state index contributed by atoms with van der Waals surface area (Å²) < 4.78 is 0. The largest absolute Gasteiger partial charge is 0.368 e. The molecule has 12 heavy (non-hydrogen) atoms. The molecule has 0 aromatic rings. The molecule has 1 aliphatic heterocycles. The van der Waals surface area contributed by atoms with Crippen molar-refractivity contribution in [3.05, 3.63) is 0 Å². The van der Waals surface area contributed by atoms with Gasteiger partial charge >= 0.3 is 5.97 Å². The van der Waals surface area contributed by atoms with E-state index in [0.717, 1.165) is 13.0 Å². The van der Waals surface area contributed by atoms with Gasteiger partial charge in [-0.1, -0.05) is 0 Å². The van der Waals surface area contributed by atoms with Crippen molar-refractivity contribution in [1.29, 1.82) is 0 Å². The van der Waals surface area contributed by atoms with Gasteiger partial charge in [-0.05, 0) is 13.3 Å². The normalized spacial score (nSPS) is 18.9. The minimum absolute atomic E-state index is 0.122. The molecule has 1 aliphatic rings. The lowest BCUT2D eigenvalue weighted by Crippen LogP contribution is -2.34. The van der Waals surface area contributed by atoms with Crippen LogP contribution in [0.5, 0.6) is 0 Å². The summed E-state index contributed by atoms with van der Waals surface area (Å²) in [5.41, 5.74) is 0. The van der Waals surface area contributed by atoms with E-state index in [0.29, 0.717) is 19.4 Å². The van der Waals surface area contributed by atoms with Crippen molar-refractivity contribution in [3.63, 3.8) is 0 Å². The molecule has 0 radical (unpaired) electrons. The minimum atomic E-state index is -0.190. The van der Waals surface area contributed by atoms with Gasteiger partial charge in [0, 0.05) is 25.9 Å². The summed E-state index contributed by atoms with van der Waals surface area (Å²) in [4.78, 5) is 26.2. The Labute approximate surface area is 71.4 Å². The molecule has 4 heteroatoms. The monoisotopic (exact) mass is 171 g/mol. The number of hydrogen-bond acceptors (Lipinski definition) is 4. The lowest BCUT2D eigenvalue weighted by molar-refractivity contribution is -0.200. The van der Waals surface area contributed by atoms with Crippen LogP contribution in [0.1, 0.15) is 26.2 Å². The molecule has 1 rings (SSSR count). The summed E-state index contributed by atoms with van der Waals surface area (Å²) in [5.74, 6) is -0.0681. The smallest absolute Gasteiger partial charge is 0.325 e. The molecule has 0 aromatic heterocycles. The number of hydroxylamine groups is 2. The fraction of sp³-hybridized carbons (Fsp3) is 0.750. The fourth-order valence-electron chi connectivity index (χ4n) is 1.07. The van der Waals surface area contributed by atoms with E-state index in [9.17, 15) is 9.59 Å².